The predicted molar refractivity (Wildman–Crippen MR) is 108 cm³/mol. The molecule has 0 bridgehead atoms. The summed E-state index contributed by atoms with van der Waals surface area (Å²) < 4.78 is 38.5. The maximum atomic E-state index is 12.0. The number of aromatic nitrogens is 1. The number of hydrogen-bond donors (Lipinski definition) is 2. The Morgan fingerprint density at radius 2 is 1.90 bits per heavy atom. The molecule has 1 rings (SSSR count). The Hall–Kier alpha value is -2.57. The Bertz CT molecular complexity index is 841. The van der Waals surface area contributed by atoms with Crippen LogP contribution in [-0.4, -0.2) is 74.6 Å². The van der Waals surface area contributed by atoms with Crippen LogP contribution in [0.1, 0.15) is 37.6 Å². The van der Waals surface area contributed by atoms with Crippen LogP contribution >= 0.6 is 0 Å². The summed E-state index contributed by atoms with van der Waals surface area (Å²) >= 11 is 0. The van der Waals surface area contributed by atoms with Gasteiger partial charge in [-0.2, -0.15) is 8.42 Å². The second kappa shape index (κ2) is 12.3. The summed E-state index contributed by atoms with van der Waals surface area (Å²) in [6.07, 6.45) is 1.32. The minimum absolute atomic E-state index is 0.157. The number of amides is 1. The van der Waals surface area contributed by atoms with Gasteiger partial charge in [0.15, 0.2) is 6.10 Å². The summed E-state index contributed by atoms with van der Waals surface area (Å²) in [6, 6.07) is 3.09. The van der Waals surface area contributed by atoms with E-state index >= 15 is 0 Å². The first-order valence-electron chi connectivity index (χ1n) is 9.48. The monoisotopic (exact) mass is 460 g/mol. The first kappa shape index (κ1) is 26.5. The number of esters is 2. The molecule has 0 spiro atoms. The molecule has 12 heteroatoms. The first-order valence-corrected chi connectivity index (χ1v) is 11.1. The average Bonchev–Trinajstić information content (AvgIpc) is 2.72. The molecular formula is C19H28N2O9S. The summed E-state index contributed by atoms with van der Waals surface area (Å²) in [5, 5.41) is 12.7. The summed E-state index contributed by atoms with van der Waals surface area (Å²) in [6.45, 7) is 3.40. The number of carbonyl (C=O) groups excluding carboxylic acids is 3. The van der Waals surface area contributed by atoms with E-state index in [1.807, 2.05) is 0 Å². The summed E-state index contributed by atoms with van der Waals surface area (Å²) in [5.74, 6) is -2.24. The number of rotatable bonds is 13. The van der Waals surface area contributed by atoms with Crippen molar-refractivity contribution >= 4 is 28.0 Å². The Morgan fingerprint density at radius 3 is 2.52 bits per heavy atom. The molecule has 31 heavy (non-hydrogen) atoms. The highest BCUT2D eigenvalue weighted by Gasteiger charge is 2.36. The van der Waals surface area contributed by atoms with E-state index in [1.54, 1.807) is 6.07 Å². The van der Waals surface area contributed by atoms with E-state index in [0.29, 0.717) is 0 Å². The molecule has 174 valence electrons. The number of ether oxygens (including phenoxy) is 2. The molecule has 0 saturated heterocycles. The van der Waals surface area contributed by atoms with Crippen molar-refractivity contribution in [2.24, 2.45) is 5.41 Å². The Labute approximate surface area is 181 Å². The second-order valence-electron chi connectivity index (χ2n) is 7.30. The van der Waals surface area contributed by atoms with Gasteiger partial charge in [0.2, 0.25) is 5.91 Å². The fourth-order valence-electron chi connectivity index (χ4n) is 2.13. The van der Waals surface area contributed by atoms with Gasteiger partial charge in [0, 0.05) is 31.3 Å². The van der Waals surface area contributed by atoms with Gasteiger partial charge in [-0.25, -0.2) is 9.59 Å². The molecule has 0 unspecified atom stereocenters. The molecule has 1 aromatic heterocycles. The molecule has 1 atom stereocenters. The molecule has 1 aromatic rings. The molecule has 0 fully saturated rings. The molecule has 11 nitrogen and oxygen atoms in total. The number of pyridine rings is 1. The Kier molecular flexibility index (Phi) is 10.5. The van der Waals surface area contributed by atoms with Crippen LogP contribution < -0.4 is 5.32 Å². The highest BCUT2D eigenvalue weighted by molar-refractivity contribution is 7.86. The maximum Gasteiger partial charge on any atom is 0.339 e. The average molecular weight is 461 g/mol. The third-order valence-corrected chi connectivity index (χ3v) is 5.24. The van der Waals surface area contributed by atoms with Crippen molar-refractivity contribution in [1.29, 1.82) is 0 Å². The summed E-state index contributed by atoms with van der Waals surface area (Å²) in [5.41, 5.74) is -1.03. The predicted octanol–water partition coefficient (Wildman–Crippen LogP) is 0.0413. The fraction of sp³-hybridized carbons (Fsp3) is 0.579. The molecular weight excluding hydrogens is 432 g/mol. The minimum Gasteiger partial charge on any atom is -0.460 e. The molecule has 2 N–H and O–H groups in total. The number of carbonyl (C=O) groups is 3. The molecule has 1 amide bonds. The van der Waals surface area contributed by atoms with E-state index in [-0.39, 0.29) is 43.4 Å². The van der Waals surface area contributed by atoms with Gasteiger partial charge in [-0.05, 0) is 18.6 Å². The molecule has 0 saturated carbocycles. The van der Waals surface area contributed by atoms with Crippen LogP contribution in [0, 0.1) is 5.41 Å². The van der Waals surface area contributed by atoms with Crippen molar-refractivity contribution in [2.75, 3.05) is 32.1 Å². The van der Waals surface area contributed by atoms with E-state index < -0.39 is 40.2 Å². The standard InChI is InChI=1S/C19H28N2O9S/c1-14(22)21-8-5-11-31(26,27)30-13-19(2,3)16(23)18(25)29-10-9-28-17(24)15-6-4-7-20-12-15/h4,6-7,12,16,23H,5,8-11,13H2,1-3H3,(H,21,22)/t16-/m0/s1. The molecule has 0 aliphatic carbocycles. The van der Waals surface area contributed by atoms with Crippen molar-refractivity contribution in [1.82, 2.24) is 10.3 Å². The Morgan fingerprint density at radius 1 is 1.23 bits per heavy atom. The van der Waals surface area contributed by atoms with Crippen LogP contribution in [0.25, 0.3) is 0 Å². The summed E-state index contributed by atoms with van der Waals surface area (Å²) in [4.78, 5) is 38.3. The van der Waals surface area contributed by atoms with Crippen molar-refractivity contribution in [2.45, 2.75) is 33.3 Å². The molecule has 1 heterocycles. The molecule has 0 radical (unpaired) electrons. The van der Waals surface area contributed by atoms with Crippen LogP contribution in [0.4, 0.5) is 0 Å². The van der Waals surface area contributed by atoms with Crippen molar-refractivity contribution in [3.05, 3.63) is 30.1 Å². The van der Waals surface area contributed by atoms with E-state index in [2.05, 4.69) is 10.3 Å². The SMILES string of the molecule is CC(=O)NCCCS(=O)(=O)OCC(C)(C)[C@@H](O)C(=O)OCCOC(=O)c1cccnc1. The quantitative estimate of drug-likeness (QED) is 0.234. The largest absolute Gasteiger partial charge is 0.460 e. The first-order chi connectivity index (χ1) is 14.4. The van der Waals surface area contributed by atoms with Gasteiger partial charge < -0.3 is 19.9 Å². The lowest BCUT2D eigenvalue weighted by Gasteiger charge is -2.28. The summed E-state index contributed by atoms with van der Waals surface area (Å²) in [7, 11) is -3.91. The van der Waals surface area contributed by atoms with E-state index in [1.165, 1.54) is 39.2 Å². The van der Waals surface area contributed by atoms with E-state index in [0.717, 1.165) is 0 Å². The zero-order valence-corrected chi connectivity index (χ0v) is 18.5. The zero-order valence-electron chi connectivity index (χ0n) is 17.7. The lowest BCUT2D eigenvalue weighted by molar-refractivity contribution is -0.162. The van der Waals surface area contributed by atoms with Crippen LogP contribution in [0.5, 0.6) is 0 Å². The van der Waals surface area contributed by atoms with Gasteiger partial charge in [0.05, 0.1) is 17.9 Å². The van der Waals surface area contributed by atoms with Gasteiger partial charge in [-0.3, -0.25) is 14.0 Å². The third-order valence-electron chi connectivity index (χ3n) is 3.98. The lowest BCUT2D eigenvalue weighted by atomic mass is 9.88. The van der Waals surface area contributed by atoms with E-state index in [9.17, 15) is 27.9 Å². The van der Waals surface area contributed by atoms with Crippen molar-refractivity contribution in [3.8, 4) is 0 Å². The van der Waals surface area contributed by atoms with Crippen LogP contribution in [-0.2, 0) is 33.4 Å². The van der Waals surface area contributed by atoms with Gasteiger partial charge in [0.1, 0.15) is 13.2 Å². The minimum atomic E-state index is -3.91. The smallest absolute Gasteiger partial charge is 0.339 e. The van der Waals surface area contributed by atoms with Gasteiger partial charge in [-0.1, -0.05) is 13.8 Å². The fourth-order valence-corrected chi connectivity index (χ4v) is 3.23. The van der Waals surface area contributed by atoms with Crippen LogP contribution in [0.2, 0.25) is 0 Å². The molecule has 0 aliphatic rings. The zero-order chi connectivity index (χ0) is 23.5. The normalized spacial score (nSPS) is 12.6. The molecule has 0 aliphatic heterocycles. The Balaban J connectivity index is 2.38. The molecule has 0 aromatic carbocycles. The highest BCUT2D eigenvalue weighted by atomic mass is 32.2. The van der Waals surface area contributed by atoms with Gasteiger partial charge >= 0.3 is 11.9 Å². The number of nitrogens with zero attached hydrogens (tertiary/aromatic N) is 1. The number of aliphatic hydroxyl groups is 1. The topological polar surface area (TPSA) is 158 Å². The number of hydrogen-bond acceptors (Lipinski definition) is 10. The maximum absolute atomic E-state index is 12.0. The van der Waals surface area contributed by atoms with Crippen LogP contribution in [0.15, 0.2) is 24.5 Å². The van der Waals surface area contributed by atoms with Gasteiger partial charge in [0.25, 0.3) is 10.1 Å². The van der Waals surface area contributed by atoms with Crippen molar-refractivity contribution in [3.63, 3.8) is 0 Å². The number of nitrogens with one attached hydrogen (secondary N) is 1. The van der Waals surface area contributed by atoms with Crippen LogP contribution in [0.3, 0.4) is 0 Å². The van der Waals surface area contributed by atoms with E-state index in [4.69, 9.17) is 13.7 Å². The highest BCUT2D eigenvalue weighted by Crippen LogP contribution is 2.23. The third kappa shape index (κ3) is 10.3. The number of aliphatic hydroxyl groups excluding tert-OH is 1. The van der Waals surface area contributed by atoms with Crippen molar-refractivity contribution < 1.29 is 41.6 Å². The second-order valence-corrected chi connectivity index (χ2v) is 9.06. The van der Waals surface area contributed by atoms with Gasteiger partial charge in [-0.15, -0.1) is 0 Å². The lowest BCUT2D eigenvalue weighted by Crippen LogP contribution is -2.42.